The predicted octanol–water partition coefficient (Wildman–Crippen LogP) is 3.64. The maximum Gasteiger partial charge on any atom is 0.189 e. The van der Waals surface area contributed by atoms with Gasteiger partial charge in [0.2, 0.25) is 0 Å². The molecule has 0 spiro atoms. The summed E-state index contributed by atoms with van der Waals surface area (Å²) in [4.78, 5) is 0. The van der Waals surface area contributed by atoms with Crippen LogP contribution < -0.4 is 5.73 Å². The minimum atomic E-state index is 0.532. The van der Waals surface area contributed by atoms with Crippen LogP contribution in [0.4, 0.5) is 5.69 Å². The molecule has 0 atom stereocenters. The molecule has 1 heterocycles. The molecule has 0 fully saturated rings. The van der Waals surface area contributed by atoms with Crippen molar-refractivity contribution < 1.29 is 0 Å². The Labute approximate surface area is 134 Å². The number of nitrogens with zero attached hydrogens (tertiary/aromatic N) is 4. The summed E-state index contributed by atoms with van der Waals surface area (Å²) in [7, 11) is 0. The van der Waals surface area contributed by atoms with E-state index in [1.54, 1.807) is 16.8 Å². The number of hydrogen-bond donors (Lipinski definition) is 1. The van der Waals surface area contributed by atoms with Crippen LogP contribution in [0.5, 0.6) is 0 Å². The summed E-state index contributed by atoms with van der Waals surface area (Å²) >= 11 is 9.44. The number of benzene rings is 2. The van der Waals surface area contributed by atoms with Gasteiger partial charge in [-0.25, -0.2) is 0 Å². The van der Waals surface area contributed by atoms with Crippen LogP contribution in [0.15, 0.2) is 40.9 Å². The van der Waals surface area contributed by atoms with Crippen molar-refractivity contribution in [2.24, 2.45) is 0 Å². The Balaban J connectivity index is 2.14. The highest BCUT2D eigenvalue weighted by atomic mass is 79.9. The summed E-state index contributed by atoms with van der Waals surface area (Å²) in [5.74, 6) is 0.569. The summed E-state index contributed by atoms with van der Waals surface area (Å²) in [6, 6.07) is 11.2. The zero-order chi connectivity index (χ0) is 15.0. The Morgan fingerprint density at radius 1 is 1.19 bits per heavy atom. The van der Waals surface area contributed by atoms with E-state index >= 15 is 0 Å². The monoisotopic (exact) mass is 363 g/mol. The topological polar surface area (TPSA) is 69.6 Å². The largest absolute Gasteiger partial charge is 0.398 e. The number of rotatable bonds is 2. The second kappa shape index (κ2) is 5.46. The number of hydrogen-bond acceptors (Lipinski definition) is 4. The first-order chi connectivity index (χ1) is 10.1. The van der Waals surface area contributed by atoms with Gasteiger partial charge in [-0.3, -0.25) is 0 Å². The maximum absolute atomic E-state index is 6.01. The number of nitrogens with two attached hydrogens (primary N) is 1. The molecular weight excluding hydrogens is 354 g/mol. The van der Waals surface area contributed by atoms with E-state index in [1.807, 2.05) is 31.2 Å². The average molecular weight is 365 g/mol. The first-order valence-corrected chi connectivity index (χ1v) is 7.33. The highest BCUT2D eigenvalue weighted by Gasteiger charge is 2.14. The van der Waals surface area contributed by atoms with Crippen LogP contribution in [0.3, 0.4) is 0 Å². The summed E-state index contributed by atoms with van der Waals surface area (Å²) in [5.41, 5.74) is 9.27. The summed E-state index contributed by atoms with van der Waals surface area (Å²) in [6.07, 6.45) is 0. The molecule has 1 aromatic heterocycles. The molecule has 3 rings (SSSR count). The second-order valence-electron chi connectivity index (χ2n) is 4.58. The van der Waals surface area contributed by atoms with Crippen LogP contribution in [0, 0.1) is 6.92 Å². The van der Waals surface area contributed by atoms with E-state index in [0.717, 1.165) is 21.3 Å². The minimum absolute atomic E-state index is 0.532. The fourth-order valence-electron chi connectivity index (χ4n) is 1.98. The van der Waals surface area contributed by atoms with Crippen molar-refractivity contribution in [1.82, 2.24) is 20.2 Å². The van der Waals surface area contributed by atoms with E-state index in [4.69, 9.17) is 17.3 Å². The van der Waals surface area contributed by atoms with Crippen molar-refractivity contribution in [1.29, 1.82) is 0 Å². The van der Waals surface area contributed by atoms with E-state index in [2.05, 4.69) is 31.5 Å². The van der Waals surface area contributed by atoms with Crippen molar-refractivity contribution in [3.8, 4) is 17.1 Å². The molecule has 0 unspecified atom stereocenters. The van der Waals surface area contributed by atoms with Gasteiger partial charge in [0.05, 0.1) is 5.69 Å². The normalized spacial score (nSPS) is 10.8. The molecule has 5 nitrogen and oxygen atoms in total. The number of aromatic nitrogens is 4. The van der Waals surface area contributed by atoms with Crippen molar-refractivity contribution in [2.45, 2.75) is 6.92 Å². The molecule has 106 valence electrons. The van der Waals surface area contributed by atoms with E-state index in [-0.39, 0.29) is 0 Å². The molecule has 3 aromatic rings. The molecule has 0 aliphatic heterocycles. The molecule has 0 bridgehead atoms. The third-order valence-electron chi connectivity index (χ3n) is 3.12. The van der Waals surface area contributed by atoms with Gasteiger partial charge in [0.15, 0.2) is 5.82 Å². The molecule has 0 amide bonds. The fraction of sp³-hybridized carbons (Fsp3) is 0.0714. The molecule has 0 aliphatic carbocycles. The lowest BCUT2D eigenvalue weighted by atomic mass is 10.1. The molecule has 0 aliphatic rings. The second-order valence-corrected chi connectivity index (χ2v) is 5.87. The van der Waals surface area contributed by atoms with Crippen molar-refractivity contribution in [2.75, 3.05) is 5.73 Å². The minimum Gasteiger partial charge on any atom is -0.398 e. The summed E-state index contributed by atoms with van der Waals surface area (Å²) in [5, 5.41) is 12.4. The van der Waals surface area contributed by atoms with Crippen molar-refractivity contribution in [3.63, 3.8) is 0 Å². The SMILES string of the molecule is Cc1ccc(-n2nnnc2-c2ccc(Cl)cc2N)cc1Br. The summed E-state index contributed by atoms with van der Waals surface area (Å²) in [6.45, 7) is 2.02. The fourth-order valence-corrected chi connectivity index (χ4v) is 2.53. The zero-order valence-corrected chi connectivity index (χ0v) is 13.4. The van der Waals surface area contributed by atoms with Crippen LogP contribution in [0.25, 0.3) is 17.1 Å². The summed E-state index contributed by atoms with van der Waals surface area (Å²) < 4.78 is 2.63. The molecular formula is C14H11BrClN5. The quantitative estimate of drug-likeness (QED) is 0.705. The predicted molar refractivity (Wildman–Crippen MR) is 86.4 cm³/mol. The van der Waals surface area contributed by atoms with Gasteiger partial charge < -0.3 is 5.73 Å². The smallest absolute Gasteiger partial charge is 0.189 e. The van der Waals surface area contributed by atoms with E-state index in [9.17, 15) is 0 Å². The molecule has 2 aromatic carbocycles. The highest BCUT2D eigenvalue weighted by Crippen LogP contribution is 2.28. The molecule has 0 saturated heterocycles. The first-order valence-electron chi connectivity index (χ1n) is 6.16. The molecule has 7 heteroatoms. The van der Waals surface area contributed by atoms with Crippen LogP contribution in [0.1, 0.15) is 5.56 Å². The van der Waals surface area contributed by atoms with Crippen LogP contribution >= 0.6 is 27.5 Å². The van der Waals surface area contributed by atoms with Crippen molar-refractivity contribution in [3.05, 3.63) is 51.5 Å². The number of anilines is 1. The van der Waals surface area contributed by atoms with Crippen molar-refractivity contribution >= 4 is 33.2 Å². The maximum atomic E-state index is 6.01. The van der Waals surface area contributed by atoms with Gasteiger partial charge in [-0.15, -0.1) is 5.10 Å². The van der Waals surface area contributed by atoms with E-state index in [1.165, 1.54) is 0 Å². The third kappa shape index (κ3) is 2.64. The average Bonchev–Trinajstić information content (AvgIpc) is 2.91. The van der Waals surface area contributed by atoms with E-state index < -0.39 is 0 Å². The lowest BCUT2D eigenvalue weighted by Gasteiger charge is -2.08. The Morgan fingerprint density at radius 3 is 2.71 bits per heavy atom. The van der Waals surface area contributed by atoms with Gasteiger partial charge >= 0.3 is 0 Å². The number of halogens is 2. The lowest BCUT2D eigenvalue weighted by Crippen LogP contribution is -2.02. The van der Waals surface area contributed by atoms with Gasteiger partial charge in [0.25, 0.3) is 0 Å². The Morgan fingerprint density at radius 2 is 2.00 bits per heavy atom. The first kappa shape index (κ1) is 14.0. The Bertz CT molecular complexity index is 815. The number of nitrogen functional groups attached to an aromatic ring is 1. The highest BCUT2D eigenvalue weighted by molar-refractivity contribution is 9.10. The number of aryl methyl sites for hydroxylation is 1. The number of tetrazole rings is 1. The van der Waals surface area contributed by atoms with E-state index in [0.29, 0.717) is 16.5 Å². The van der Waals surface area contributed by atoms with Gasteiger partial charge in [0, 0.05) is 20.7 Å². The van der Waals surface area contributed by atoms with Crippen LogP contribution in [-0.4, -0.2) is 20.2 Å². The Hall–Kier alpha value is -1.92. The molecule has 0 radical (unpaired) electrons. The van der Waals surface area contributed by atoms with Gasteiger partial charge in [-0.1, -0.05) is 33.6 Å². The third-order valence-corrected chi connectivity index (χ3v) is 4.21. The molecule has 21 heavy (non-hydrogen) atoms. The van der Waals surface area contributed by atoms with Gasteiger partial charge in [0.1, 0.15) is 0 Å². The lowest BCUT2D eigenvalue weighted by molar-refractivity contribution is 0.790. The van der Waals surface area contributed by atoms with Gasteiger partial charge in [-0.05, 0) is 53.2 Å². The standard InChI is InChI=1S/C14H11BrClN5/c1-8-2-4-10(7-12(8)15)21-14(18-19-20-21)11-5-3-9(16)6-13(11)17/h2-7H,17H2,1H3. The molecule has 2 N–H and O–H groups in total. The van der Waals surface area contributed by atoms with Crippen LogP contribution in [0.2, 0.25) is 5.02 Å². The molecule has 0 saturated carbocycles. The zero-order valence-electron chi connectivity index (χ0n) is 11.1. The van der Waals surface area contributed by atoms with Gasteiger partial charge in [-0.2, -0.15) is 4.68 Å². The van der Waals surface area contributed by atoms with Crippen LogP contribution in [-0.2, 0) is 0 Å². The Kier molecular flexibility index (Phi) is 3.65.